The molecular formula is C58H33N3O. The van der Waals surface area contributed by atoms with Gasteiger partial charge in [-0.25, -0.2) is 9.97 Å². The summed E-state index contributed by atoms with van der Waals surface area (Å²) in [5.41, 5.74) is 16.5. The Labute approximate surface area is 355 Å². The highest BCUT2D eigenvalue weighted by Crippen LogP contribution is 2.51. The van der Waals surface area contributed by atoms with Crippen LogP contribution in [0.5, 0.6) is 0 Å². The van der Waals surface area contributed by atoms with Gasteiger partial charge in [-0.05, 0) is 103 Å². The van der Waals surface area contributed by atoms with E-state index in [-0.39, 0.29) is 0 Å². The van der Waals surface area contributed by atoms with Crippen molar-refractivity contribution < 1.29 is 4.42 Å². The van der Waals surface area contributed by atoms with Crippen LogP contribution in [0.2, 0.25) is 0 Å². The molecule has 4 nitrogen and oxygen atoms in total. The van der Waals surface area contributed by atoms with Crippen molar-refractivity contribution in [2.45, 2.75) is 0 Å². The Kier molecular flexibility index (Phi) is 6.80. The molecule has 62 heavy (non-hydrogen) atoms. The summed E-state index contributed by atoms with van der Waals surface area (Å²) < 4.78 is 8.86. The Morgan fingerprint density at radius 2 is 0.984 bits per heavy atom. The molecule has 10 aromatic carbocycles. The third-order valence-electron chi connectivity index (χ3n) is 13.2. The molecule has 14 rings (SSSR count). The molecule has 0 saturated heterocycles. The fourth-order valence-corrected chi connectivity index (χ4v) is 10.3. The molecule has 0 atom stereocenters. The van der Waals surface area contributed by atoms with Crippen molar-refractivity contribution in [2.24, 2.45) is 0 Å². The van der Waals surface area contributed by atoms with Crippen molar-refractivity contribution in [3.63, 3.8) is 0 Å². The largest absolute Gasteiger partial charge is 0.456 e. The van der Waals surface area contributed by atoms with Crippen LogP contribution < -0.4 is 0 Å². The third kappa shape index (κ3) is 4.72. The SMILES string of the molecule is c1ccc(-c2ccc(-c3nc(-n4c5ccccc5c5cc(-c6ccc7oc8cc9c%10c(cccc%10c8c7c6)-c6ccccc6-9)ccc54)nc4c3ccc3ccccc34)cc2)cc1. The number of benzene rings is 10. The molecule has 0 unspecified atom stereocenters. The molecule has 4 heteroatoms. The minimum absolute atomic E-state index is 0.645. The van der Waals surface area contributed by atoms with Gasteiger partial charge in [0.15, 0.2) is 0 Å². The van der Waals surface area contributed by atoms with Crippen LogP contribution in [-0.2, 0) is 0 Å². The zero-order chi connectivity index (χ0) is 40.5. The normalized spacial score (nSPS) is 12.2. The third-order valence-corrected chi connectivity index (χ3v) is 13.2. The maximum absolute atomic E-state index is 6.62. The summed E-state index contributed by atoms with van der Waals surface area (Å²) in [4.78, 5) is 10.9. The lowest BCUT2D eigenvalue weighted by atomic mass is 9.96. The van der Waals surface area contributed by atoms with E-state index < -0.39 is 0 Å². The van der Waals surface area contributed by atoms with E-state index in [2.05, 4.69) is 205 Å². The van der Waals surface area contributed by atoms with Crippen molar-refractivity contribution in [3.05, 3.63) is 200 Å². The van der Waals surface area contributed by atoms with Gasteiger partial charge in [0.25, 0.3) is 0 Å². The van der Waals surface area contributed by atoms with Crippen LogP contribution in [0.25, 0.3) is 138 Å². The van der Waals surface area contributed by atoms with Crippen LogP contribution >= 0.6 is 0 Å². The van der Waals surface area contributed by atoms with E-state index in [4.69, 9.17) is 14.4 Å². The first kappa shape index (κ1) is 33.5. The zero-order valence-corrected chi connectivity index (χ0v) is 33.3. The van der Waals surface area contributed by atoms with Gasteiger partial charge in [0.1, 0.15) is 11.2 Å². The molecule has 0 radical (unpaired) electrons. The van der Waals surface area contributed by atoms with Crippen LogP contribution in [0.4, 0.5) is 0 Å². The summed E-state index contributed by atoms with van der Waals surface area (Å²) in [5.74, 6) is 0.645. The molecule has 0 N–H and O–H groups in total. The second-order valence-corrected chi connectivity index (χ2v) is 16.5. The number of rotatable bonds is 4. The van der Waals surface area contributed by atoms with Crippen LogP contribution in [0.3, 0.4) is 0 Å². The van der Waals surface area contributed by atoms with Crippen molar-refractivity contribution >= 4 is 76.2 Å². The molecule has 0 spiro atoms. The molecule has 3 heterocycles. The molecule has 1 aliphatic rings. The molecule has 0 bridgehead atoms. The Morgan fingerprint density at radius 3 is 1.85 bits per heavy atom. The number of fused-ring (bicyclic) bond motifs is 13. The van der Waals surface area contributed by atoms with Gasteiger partial charge in [0.2, 0.25) is 5.95 Å². The predicted molar refractivity (Wildman–Crippen MR) is 257 cm³/mol. The minimum Gasteiger partial charge on any atom is -0.456 e. The first-order valence-corrected chi connectivity index (χ1v) is 21.1. The summed E-state index contributed by atoms with van der Waals surface area (Å²) in [6.07, 6.45) is 0. The first-order valence-electron chi connectivity index (χ1n) is 21.1. The van der Waals surface area contributed by atoms with Gasteiger partial charge in [0, 0.05) is 37.9 Å². The number of hydrogen-bond donors (Lipinski definition) is 0. The highest BCUT2D eigenvalue weighted by atomic mass is 16.3. The van der Waals surface area contributed by atoms with Gasteiger partial charge in [-0.1, -0.05) is 158 Å². The lowest BCUT2D eigenvalue weighted by molar-refractivity contribution is 0.669. The molecule has 0 aliphatic heterocycles. The summed E-state index contributed by atoms with van der Waals surface area (Å²) >= 11 is 0. The van der Waals surface area contributed by atoms with E-state index >= 15 is 0 Å². The average Bonchev–Trinajstić information content (AvgIpc) is 3.99. The Hall–Kier alpha value is -8.34. The van der Waals surface area contributed by atoms with Gasteiger partial charge >= 0.3 is 0 Å². The summed E-state index contributed by atoms with van der Waals surface area (Å²) in [6.45, 7) is 0. The average molecular weight is 788 g/mol. The summed E-state index contributed by atoms with van der Waals surface area (Å²) in [7, 11) is 0. The van der Waals surface area contributed by atoms with Crippen LogP contribution in [0, 0.1) is 0 Å². The second-order valence-electron chi connectivity index (χ2n) is 16.5. The maximum Gasteiger partial charge on any atom is 0.235 e. The predicted octanol–water partition coefficient (Wildman–Crippen LogP) is 15.6. The number of hydrogen-bond acceptors (Lipinski definition) is 3. The highest BCUT2D eigenvalue weighted by Gasteiger charge is 2.25. The molecule has 286 valence electrons. The van der Waals surface area contributed by atoms with E-state index in [0.29, 0.717) is 5.95 Å². The molecular weight excluding hydrogens is 755 g/mol. The standard InChI is InChI=1S/C58H33N3O/c1-2-11-34(12-3-1)35-21-23-37(24-22-35)56-46-28-25-36-13-4-5-14-40(36)57(46)60-58(59-56)61-50-20-9-8-17-43(50)47-31-38(26-29-51(47)61)39-27-30-52-49(32-39)55-45-19-10-18-44-41-15-6-7-16-42(41)48(54(44)45)33-53(55)62-52/h1-33H. The lowest BCUT2D eigenvalue weighted by Crippen LogP contribution is -2.03. The Balaban J connectivity index is 0.958. The fourth-order valence-electron chi connectivity index (χ4n) is 10.3. The van der Waals surface area contributed by atoms with E-state index in [0.717, 1.165) is 82.4 Å². The maximum atomic E-state index is 6.62. The molecule has 13 aromatic rings. The molecule has 0 saturated carbocycles. The quantitative estimate of drug-likeness (QED) is 0.167. The molecule has 0 fully saturated rings. The van der Waals surface area contributed by atoms with Crippen LogP contribution in [-0.4, -0.2) is 14.5 Å². The van der Waals surface area contributed by atoms with Crippen LogP contribution in [0.1, 0.15) is 0 Å². The van der Waals surface area contributed by atoms with Crippen LogP contribution in [0.15, 0.2) is 205 Å². The van der Waals surface area contributed by atoms with Crippen molar-refractivity contribution in [1.82, 2.24) is 14.5 Å². The van der Waals surface area contributed by atoms with Crippen molar-refractivity contribution in [1.29, 1.82) is 0 Å². The summed E-state index contributed by atoms with van der Waals surface area (Å²) in [6, 6.07) is 71.8. The zero-order valence-electron chi connectivity index (χ0n) is 33.3. The van der Waals surface area contributed by atoms with Gasteiger partial charge in [-0.3, -0.25) is 4.57 Å². The number of aromatic nitrogens is 3. The molecule has 1 aliphatic carbocycles. The lowest BCUT2D eigenvalue weighted by Gasteiger charge is -2.14. The Morgan fingerprint density at radius 1 is 0.339 bits per heavy atom. The smallest absolute Gasteiger partial charge is 0.235 e. The monoisotopic (exact) mass is 787 g/mol. The van der Waals surface area contributed by atoms with E-state index in [1.165, 1.54) is 49.5 Å². The van der Waals surface area contributed by atoms with Gasteiger partial charge in [-0.2, -0.15) is 0 Å². The van der Waals surface area contributed by atoms with Gasteiger partial charge < -0.3 is 4.42 Å². The van der Waals surface area contributed by atoms with Crippen molar-refractivity contribution in [3.8, 4) is 61.7 Å². The van der Waals surface area contributed by atoms with Crippen molar-refractivity contribution in [2.75, 3.05) is 0 Å². The summed E-state index contributed by atoms with van der Waals surface area (Å²) in [5, 5.41) is 10.4. The number of furan rings is 1. The Bertz CT molecular complexity index is 4030. The molecule has 0 amide bonds. The topological polar surface area (TPSA) is 43.9 Å². The first-order chi connectivity index (χ1) is 30.7. The van der Waals surface area contributed by atoms with E-state index in [9.17, 15) is 0 Å². The molecule has 3 aromatic heterocycles. The number of nitrogens with zero attached hydrogens (tertiary/aromatic N) is 3. The fraction of sp³-hybridized carbons (Fsp3) is 0. The van der Waals surface area contributed by atoms with Gasteiger partial charge in [-0.15, -0.1) is 0 Å². The highest BCUT2D eigenvalue weighted by molar-refractivity contribution is 6.28. The van der Waals surface area contributed by atoms with E-state index in [1.54, 1.807) is 0 Å². The van der Waals surface area contributed by atoms with E-state index in [1.807, 2.05) is 0 Å². The second kappa shape index (κ2) is 12.6. The minimum atomic E-state index is 0.645. The van der Waals surface area contributed by atoms with Gasteiger partial charge in [0.05, 0.1) is 22.2 Å². The number of para-hydroxylation sites is 1.